The number of nitrogens with zero attached hydrogens (tertiary/aromatic N) is 3. The number of phenolic OH excluding ortho intramolecular Hbond substituents is 2. The van der Waals surface area contributed by atoms with E-state index in [-0.39, 0.29) is 41.4 Å². The first-order valence-electron chi connectivity index (χ1n) is 14.2. The van der Waals surface area contributed by atoms with E-state index in [1.54, 1.807) is 0 Å². The Bertz CT molecular complexity index is 1590. The van der Waals surface area contributed by atoms with E-state index in [1.807, 2.05) is 34.9 Å². The van der Waals surface area contributed by atoms with Gasteiger partial charge in [0.1, 0.15) is 24.4 Å². The van der Waals surface area contributed by atoms with Gasteiger partial charge in [-0.25, -0.2) is 9.78 Å². The number of hydrogen-bond acceptors (Lipinski definition) is 14. The molecule has 3 aliphatic heterocycles. The second-order valence-electron chi connectivity index (χ2n) is 11.2. The van der Waals surface area contributed by atoms with Crippen molar-refractivity contribution < 1.29 is 49.3 Å². The molecular formula is C29H34N4O10S. The minimum atomic E-state index is -1.59. The third-order valence-corrected chi connectivity index (χ3v) is 9.28. The van der Waals surface area contributed by atoms with Gasteiger partial charge in [0.25, 0.3) is 0 Å². The van der Waals surface area contributed by atoms with E-state index in [4.69, 9.17) is 14.2 Å². The Morgan fingerprint density at radius 3 is 2.57 bits per heavy atom. The minimum Gasteiger partial charge on any atom is -0.504 e. The van der Waals surface area contributed by atoms with Crippen molar-refractivity contribution in [3.05, 3.63) is 40.5 Å². The van der Waals surface area contributed by atoms with Gasteiger partial charge in [-0.3, -0.25) is 14.6 Å². The number of piperazine rings is 1. The molecule has 2 aromatic carbocycles. The number of carbonyl (C=O) groups excluding carboxylic acids is 2. The molecule has 6 N–H and O–H groups in total. The summed E-state index contributed by atoms with van der Waals surface area (Å²) in [5, 5.41) is 56.1. The number of aromatic nitrogens is 1. The molecule has 0 aliphatic carbocycles. The van der Waals surface area contributed by atoms with Crippen molar-refractivity contribution in [3.8, 4) is 17.2 Å². The predicted octanol–water partition coefficient (Wildman–Crippen LogP) is 0.474. The molecule has 0 spiro atoms. The fourth-order valence-corrected chi connectivity index (χ4v) is 7.02. The Morgan fingerprint density at radius 2 is 1.86 bits per heavy atom. The molecule has 6 rings (SSSR count). The van der Waals surface area contributed by atoms with Crippen molar-refractivity contribution in [1.29, 1.82) is 0 Å². The molecule has 0 bridgehead atoms. The predicted molar refractivity (Wildman–Crippen MR) is 157 cm³/mol. The summed E-state index contributed by atoms with van der Waals surface area (Å²) in [4.78, 5) is 34.5. The zero-order valence-corrected chi connectivity index (χ0v) is 24.9. The van der Waals surface area contributed by atoms with Crippen molar-refractivity contribution in [1.82, 2.24) is 14.8 Å². The standard InChI is InChI=1S/C29H34N4O10S/c1-13-3-4-15-17(9-13)44-29(30-15)31-18(35)11-33-7-5-32(6-8-33)10-14-19-20(23(38)26(41-2)21(14)36)25-27(43-28(19)40)24(39)22(37)16(12-34)42-25/h3-4,9,16,22,24-25,27,34,36-39H,5-8,10-12H2,1-2H3,(H,30,31,35)/t16-,22-,24+,25?,27?/m1/s1. The van der Waals surface area contributed by atoms with Crippen LogP contribution in [0.3, 0.4) is 0 Å². The number of methoxy groups -OCH3 is 1. The largest absolute Gasteiger partial charge is 0.504 e. The van der Waals surface area contributed by atoms with E-state index in [2.05, 4.69) is 10.3 Å². The van der Waals surface area contributed by atoms with Crippen LogP contribution in [0.25, 0.3) is 10.2 Å². The van der Waals surface area contributed by atoms with Gasteiger partial charge in [0, 0.05) is 43.9 Å². The number of aromatic hydroxyl groups is 2. The number of ether oxygens (including phenoxy) is 3. The van der Waals surface area contributed by atoms with Gasteiger partial charge >= 0.3 is 5.97 Å². The molecule has 15 heteroatoms. The topological polar surface area (TPSA) is 194 Å². The number of esters is 1. The highest BCUT2D eigenvalue weighted by molar-refractivity contribution is 7.22. The molecule has 0 radical (unpaired) electrons. The van der Waals surface area contributed by atoms with Gasteiger partial charge in [0.2, 0.25) is 11.7 Å². The molecule has 4 heterocycles. The van der Waals surface area contributed by atoms with Crippen LogP contribution in [0.15, 0.2) is 18.2 Å². The van der Waals surface area contributed by atoms with Crippen LogP contribution in [-0.4, -0.2) is 123 Å². The molecule has 2 saturated heterocycles. The maximum Gasteiger partial charge on any atom is 0.339 e. The molecule has 3 aromatic rings. The van der Waals surface area contributed by atoms with Crippen molar-refractivity contribution in [2.45, 2.75) is 44.0 Å². The molecule has 2 fully saturated rings. The number of fused-ring (bicyclic) bond motifs is 4. The van der Waals surface area contributed by atoms with Crippen LogP contribution in [0.2, 0.25) is 0 Å². The van der Waals surface area contributed by atoms with E-state index >= 15 is 0 Å². The number of aliphatic hydroxyl groups excluding tert-OH is 3. The lowest BCUT2D eigenvalue weighted by atomic mass is 9.84. The summed E-state index contributed by atoms with van der Waals surface area (Å²) in [6.45, 7) is 3.69. The normalized spacial score (nSPS) is 25.8. The highest BCUT2D eigenvalue weighted by atomic mass is 32.1. The lowest BCUT2D eigenvalue weighted by Crippen LogP contribution is -2.58. The molecule has 5 atom stereocenters. The SMILES string of the molecule is COc1c(O)c(CN2CCN(CC(=O)Nc3nc4ccc(C)cc4s3)CC2)c2c(c1O)C1O[C@H](CO)[C@@H](O)[C@H](O)C1OC2=O. The average molecular weight is 631 g/mol. The van der Waals surface area contributed by atoms with Crippen molar-refractivity contribution >= 4 is 38.6 Å². The minimum absolute atomic E-state index is 0.0550. The number of amides is 1. The number of aryl methyl sites for hydroxylation is 1. The Kier molecular flexibility index (Phi) is 8.36. The highest BCUT2D eigenvalue weighted by Gasteiger charge is 2.53. The van der Waals surface area contributed by atoms with Crippen LogP contribution >= 0.6 is 11.3 Å². The molecule has 0 saturated carbocycles. The van der Waals surface area contributed by atoms with Gasteiger partial charge in [0.05, 0.1) is 36.0 Å². The van der Waals surface area contributed by atoms with E-state index in [1.165, 1.54) is 18.4 Å². The molecular weight excluding hydrogens is 596 g/mol. The number of rotatable bonds is 7. The second-order valence-corrected chi connectivity index (χ2v) is 12.2. The van der Waals surface area contributed by atoms with Crippen LogP contribution in [0.5, 0.6) is 17.2 Å². The first-order chi connectivity index (χ1) is 21.1. The van der Waals surface area contributed by atoms with Gasteiger partial charge < -0.3 is 45.1 Å². The maximum absolute atomic E-state index is 13.2. The molecule has 1 amide bonds. The summed E-state index contributed by atoms with van der Waals surface area (Å²) < 4.78 is 17.5. The van der Waals surface area contributed by atoms with E-state index in [9.17, 15) is 35.1 Å². The van der Waals surface area contributed by atoms with E-state index < -0.39 is 54.6 Å². The zero-order chi connectivity index (χ0) is 31.3. The lowest BCUT2D eigenvalue weighted by molar-refractivity contribution is -0.235. The summed E-state index contributed by atoms with van der Waals surface area (Å²) in [5.74, 6) is -2.38. The lowest BCUT2D eigenvalue weighted by Gasteiger charge is -2.45. The summed E-state index contributed by atoms with van der Waals surface area (Å²) in [6.07, 6.45) is -6.92. The number of benzene rings is 2. The Labute approximate surface area is 256 Å². The van der Waals surface area contributed by atoms with Crippen molar-refractivity contribution in [3.63, 3.8) is 0 Å². The fraction of sp³-hybridized carbons (Fsp3) is 0.483. The number of carbonyl (C=O) groups is 2. The zero-order valence-electron chi connectivity index (χ0n) is 24.1. The monoisotopic (exact) mass is 630 g/mol. The molecule has 14 nitrogen and oxygen atoms in total. The van der Waals surface area contributed by atoms with Crippen molar-refractivity contribution in [2.75, 3.05) is 51.8 Å². The van der Waals surface area contributed by atoms with Crippen LogP contribution < -0.4 is 10.1 Å². The third kappa shape index (κ3) is 5.45. The summed E-state index contributed by atoms with van der Waals surface area (Å²) in [6, 6.07) is 5.93. The molecule has 2 unspecified atom stereocenters. The Hall–Kier alpha value is -3.57. The summed E-state index contributed by atoms with van der Waals surface area (Å²) >= 11 is 1.42. The second kappa shape index (κ2) is 12.1. The van der Waals surface area contributed by atoms with Gasteiger partial charge in [-0.05, 0) is 24.6 Å². The highest BCUT2D eigenvalue weighted by Crippen LogP contribution is 2.52. The van der Waals surface area contributed by atoms with Gasteiger partial charge in [-0.15, -0.1) is 0 Å². The molecule has 44 heavy (non-hydrogen) atoms. The van der Waals surface area contributed by atoms with Crippen LogP contribution in [0.1, 0.15) is 33.2 Å². The van der Waals surface area contributed by atoms with Crippen LogP contribution in [0, 0.1) is 6.92 Å². The number of hydrogen-bond donors (Lipinski definition) is 6. The number of anilines is 1. The molecule has 1 aromatic heterocycles. The van der Waals surface area contributed by atoms with E-state index in [0.29, 0.717) is 31.3 Å². The smallest absolute Gasteiger partial charge is 0.339 e. The van der Waals surface area contributed by atoms with Crippen LogP contribution in [0.4, 0.5) is 5.13 Å². The van der Waals surface area contributed by atoms with Crippen molar-refractivity contribution in [2.24, 2.45) is 0 Å². The summed E-state index contributed by atoms with van der Waals surface area (Å²) in [5.41, 5.74) is 1.90. The first-order valence-corrected chi connectivity index (χ1v) is 15.0. The molecule has 3 aliphatic rings. The Balaban J connectivity index is 1.16. The average Bonchev–Trinajstić information content (AvgIpc) is 3.39. The quantitative estimate of drug-likeness (QED) is 0.198. The number of nitrogens with one attached hydrogen (secondary N) is 1. The molecule has 236 valence electrons. The first kappa shape index (κ1) is 30.5. The van der Waals surface area contributed by atoms with Gasteiger partial charge in [-0.2, -0.15) is 0 Å². The van der Waals surface area contributed by atoms with Crippen LogP contribution in [-0.2, 0) is 20.8 Å². The summed E-state index contributed by atoms with van der Waals surface area (Å²) in [7, 11) is 1.25. The van der Waals surface area contributed by atoms with Gasteiger partial charge in [-0.1, -0.05) is 17.4 Å². The van der Waals surface area contributed by atoms with Gasteiger partial charge in [0.15, 0.2) is 22.7 Å². The Morgan fingerprint density at radius 1 is 1.14 bits per heavy atom. The third-order valence-electron chi connectivity index (χ3n) is 8.35. The number of thiazole rings is 1. The fourth-order valence-electron chi connectivity index (χ4n) is 6.04. The number of phenols is 2. The maximum atomic E-state index is 13.2. The van der Waals surface area contributed by atoms with E-state index in [0.717, 1.165) is 15.8 Å². The number of aliphatic hydroxyl groups is 3.